The van der Waals surface area contributed by atoms with Gasteiger partial charge in [0.25, 0.3) is 0 Å². The molecule has 6 nitrogen and oxygen atoms in total. The maximum Gasteiger partial charge on any atom is 0.137 e. The van der Waals surface area contributed by atoms with Gasteiger partial charge in [-0.2, -0.15) is 0 Å². The molecular weight excluding hydrogens is 1530 g/mol. The fourth-order valence-corrected chi connectivity index (χ4v) is 20.6. The first-order chi connectivity index (χ1) is 56.6. The maximum absolute atomic E-state index is 13.4. The highest BCUT2D eigenvalue weighted by molar-refractivity contribution is 5.84. The number of halogens is 4. The van der Waals surface area contributed by atoms with E-state index >= 15 is 0 Å². The van der Waals surface area contributed by atoms with E-state index in [1.54, 1.807) is 0 Å². The Morgan fingerprint density at radius 2 is 0.602 bits per heavy atom. The lowest BCUT2D eigenvalue weighted by atomic mass is 9.71. The van der Waals surface area contributed by atoms with Gasteiger partial charge in [-0.25, -0.2) is 17.6 Å². The van der Waals surface area contributed by atoms with Gasteiger partial charge in [-0.3, -0.25) is 28.8 Å². The smallest absolute Gasteiger partial charge is 0.137 e. The zero-order valence-corrected chi connectivity index (χ0v) is 85.5. The van der Waals surface area contributed by atoms with Gasteiger partial charge in [-0.1, -0.05) is 329 Å². The molecule has 8 unspecified atom stereocenters. The van der Waals surface area contributed by atoms with Crippen molar-refractivity contribution in [2.45, 2.75) is 477 Å². The molecule has 10 heteroatoms. The maximum atomic E-state index is 13.4. The lowest BCUT2D eigenvalue weighted by Crippen LogP contribution is -2.31. The average Bonchev–Trinajstić information content (AvgIpc) is 1.72. The van der Waals surface area contributed by atoms with Gasteiger partial charge in [0.15, 0.2) is 0 Å². The van der Waals surface area contributed by atoms with Crippen LogP contribution in [0.15, 0.2) is 36.4 Å². The molecule has 0 spiro atoms. The SMILES string of the molecule is CC(C)(C)CC(=O)C(CCC1CCCC1)C(C)(C)C.CC(C)(C)CC(=O)C(CCC1CCCC1)CC(C)(C)C.CC(C)(C)CC(=O)C(CCc1cc(F)cc(F)c1)CC1CCCC1.CC(C)C(CCC1CCCC1)C(=O)CC(C)(C)C.CC(C)CC(CCc1cc(F)cc(F)c1)C(=O)CC(C)(C)C.CC1CC1CC(CCC1CCCC1)C(=O)CC(C)(C)C. The first-order valence-corrected chi connectivity index (χ1v) is 50.7. The second kappa shape index (κ2) is 53.5. The van der Waals surface area contributed by atoms with Crippen LogP contribution in [-0.2, 0) is 41.6 Å². The van der Waals surface area contributed by atoms with Crippen molar-refractivity contribution in [3.8, 4) is 0 Å². The number of Topliss-reactive ketones (excluding diaryl/α,β-unsaturated/α-hetero) is 6. The standard InChI is InChI=1S/C21H30F2O.C19H28F2O.C19H34O.C19H36O.C18H34O.C17H32O/c1-21(2,3)14-20(24)17(10-15-6-4-5-7-15)9-8-16-11-18(22)13-19(23)12-16;1-13(2)8-15(18(22)12-19(3,4)5)7-6-14-9-16(20)11-17(21)10-14;1-14-11-17(14)12-16(18(20)13-19(2,3)4)10-9-15-7-5-6-8-15;1-18(2,3)13-16(17(20)14-19(4,5)6)12-11-15-9-7-8-10-15;1-17(2,3)13-16(19)15(18(4,5)6)12-11-14-9-7-8-10-14;1-13(2)15(16(18)12-17(3,4)5)11-10-14-8-6-7-9-14/h11-13,15,17H,4-10,14H2,1-3H3;9-11,13,15H,6-8,12H2,1-5H3;14-17H,5-13H2,1-4H3;15-16H,7-14H2,1-6H3;14-15H,7-13H2,1-6H3;13-15H,6-12H2,1-5H3. The van der Waals surface area contributed by atoms with Crippen LogP contribution in [-0.4, -0.2) is 34.7 Å². The topological polar surface area (TPSA) is 102 Å². The molecule has 0 radical (unpaired) electrons. The Hall–Kier alpha value is -3.82. The number of aryl methyl sites for hydroxylation is 2. The first-order valence-electron chi connectivity index (χ1n) is 50.7. The fraction of sp³-hybridized carbons (Fsp3) is 0.841. The summed E-state index contributed by atoms with van der Waals surface area (Å²) in [6, 6.07) is 7.23. The van der Waals surface area contributed by atoms with E-state index in [-0.39, 0.29) is 72.8 Å². The normalized spacial score (nSPS) is 19.4. The van der Waals surface area contributed by atoms with E-state index in [1.165, 1.54) is 198 Å². The molecule has 0 aromatic heterocycles. The minimum absolute atomic E-state index is 0.0126. The molecule has 0 bridgehead atoms. The lowest BCUT2D eigenvalue weighted by molar-refractivity contribution is -0.128. The molecular formula is C113H194F4O6. The molecule has 6 fully saturated rings. The Balaban J connectivity index is 0.000000382. The van der Waals surface area contributed by atoms with E-state index in [1.807, 2.05) is 0 Å². The molecule has 6 saturated carbocycles. The number of hydrogen-bond acceptors (Lipinski definition) is 6. The second-order valence-corrected chi connectivity index (χ2v) is 51.3. The van der Waals surface area contributed by atoms with Gasteiger partial charge in [-0.05, 0) is 241 Å². The first kappa shape index (κ1) is 113. The molecule has 0 aliphatic heterocycles. The quantitative estimate of drug-likeness (QED) is 0.0621. The van der Waals surface area contributed by atoms with Crippen molar-refractivity contribution in [2.75, 3.05) is 0 Å². The number of hydrogen-bond donors (Lipinski definition) is 0. The summed E-state index contributed by atoms with van der Waals surface area (Å²) in [6.45, 7) is 63.0. The molecule has 0 amide bonds. The Morgan fingerprint density at radius 3 is 0.911 bits per heavy atom. The third-order valence-electron chi connectivity index (χ3n) is 27.2. The second-order valence-electron chi connectivity index (χ2n) is 51.3. The summed E-state index contributed by atoms with van der Waals surface area (Å²) in [5.41, 5.74) is 2.12. The zero-order chi connectivity index (χ0) is 93.2. The highest BCUT2D eigenvalue weighted by Crippen LogP contribution is 2.46. The lowest BCUT2D eigenvalue weighted by Gasteiger charge is -2.32. The van der Waals surface area contributed by atoms with E-state index in [2.05, 4.69) is 201 Å². The molecule has 123 heavy (non-hydrogen) atoms. The third-order valence-corrected chi connectivity index (χ3v) is 27.2. The predicted octanol–water partition coefficient (Wildman–Crippen LogP) is 34.2. The van der Waals surface area contributed by atoms with E-state index in [4.69, 9.17) is 0 Å². The van der Waals surface area contributed by atoms with Crippen LogP contribution in [0.5, 0.6) is 0 Å². The summed E-state index contributed by atoms with van der Waals surface area (Å²) in [6.07, 6.45) is 49.0. The molecule has 6 aliphatic carbocycles. The van der Waals surface area contributed by atoms with Crippen LogP contribution in [0.4, 0.5) is 17.6 Å². The van der Waals surface area contributed by atoms with E-state index in [9.17, 15) is 46.3 Å². The molecule has 0 heterocycles. The van der Waals surface area contributed by atoms with Gasteiger partial charge < -0.3 is 0 Å². The minimum atomic E-state index is -0.559. The Labute approximate surface area is 756 Å². The molecule has 0 N–H and O–H groups in total. The molecule has 2 aromatic rings. The summed E-state index contributed by atoms with van der Waals surface area (Å²) >= 11 is 0. The van der Waals surface area contributed by atoms with Gasteiger partial charge >= 0.3 is 0 Å². The predicted molar refractivity (Wildman–Crippen MR) is 516 cm³/mol. The van der Waals surface area contributed by atoms with Gasteiger partial charge in [0.1, 0.15) is 58.0 Å². The van der Waals surface area contributed by atoms with Crippen LogP contribution in [0.2, 0.25) is 0 Å². The highest BCUT2D eigenvalue weighted by atomic mass is 19.1. The molecule has 8 atom stereocenters. The van der Waals surface area contributed by atoms with E-state index < -0.39 is 23.3 Å². The van der Waals surface area contributed by atoms with Gasteiger partial charge in [-0.15, -0.1) is 0 Å². The Morgan fingerprint density at radius 1 is 0.325 bits per heavy atom. The van der Waals surface area contributed by atoms with Crippen LogP contribution >= 0.6 is 0 Å². The van der Waals surface area contributed by atoms with Crippen molar-refractivity contribution in [3.63, 3.8) is 0 Å². The van der Waals surface area contributed by atoms with E-state index in [0.717, 1.165) is 112 Å². The average molecular weight is 1720 g/mol. The summed E-state index contributed by atoms with van der Waals surface area (Å²) in [4.78, 5) is 75.5. The van der Waals surface area contributed by atoms with Crippen LogP contribution in [0.1, 0.15) is 475 Å². The summed E-state index contributed by atoms with van der Waals surface area (Å²) in [5, 5.41) is 0. The number of ketones is 6. The minimum Gasteiger partial charge on any atom is -0.299 e. The number of benzene rings is 2. The molecule has 8 rings (SSSR count). The summed E-state index contributed by atoms with van der Waals surface area (Å²) in [7, 11) is 0. The van der Waals surface area contributed by atoms with E-state index in [0.29, 0.717) is 108 Å². The van der Waals surface area contributed by atoms with Crippen LogP contribution in [0.3, 0.4) is 0 Å². The van der Waals surface area contributed by atoms with Gasteiger partial charge in [0.05, 0.1) is 0 Å². The summed E-state index contributed by atoms with van der Waals surface area (Å²) in [5.74, 6) is 8.52. The monoisotopic (exact) mass is 1720 g/mol. The number of carbonyl (C=O) groups excluding carboxylic acids is 6. The Kier molecular flexibility index (Phi) is 49.3. The van der Waals surface area contributed by atoms with Crippen LogP contribution in [0, 0.1) is 155 Å². The third kappa shape index (κ3) is 53.8. The van der Waals surface area contributed by atoms with Crippen LogP contribution in [0.25, 0.3) is 0 Å². The van der Waals surface area contributed by atoms with Crippen molar-refractivity contribution in [1.29, 1.82) is 0 Å². The fourth-order valence-electron chi connectivity index (χ4n) is 20.6. The highest BCUT2D eigenvalue weighted by Gasteiger charge is 2.39. The Bertz CT molecular complexity index is 3300. The summed E-state index contributed by atoms with van der Waals surface area (Å²) < 4.78 is 53.2. The number of carbonyl (C=O) groups is 6. The molecule has 0 saturated heterocycles. The van der Waals surface area contributed by atoms with Crippen molar-refractivity contribution in [2.24, 2.45) is 132 Å². The van der Waals surface area contributed by atoms with Gasteiger partial charge in [0, 0.05) is 86.2 Å². The van der Waals surface area contributed by atoms with Crippen molar-refractivity contribution in [1.82, 2.24) is 0 Å². The van der Waals surface area contributed by atoms with Crippen molar-refractivity contribution in [3.05, 3.63) is 70.8 Å². The number of rotatable bonds is 38. The molecule has 6 aliphatic rings. The zero-order valence-electron chi connectivity index (χ0n) is 85.5. The molecule has 2 aromatic carbocycles. The van der Waals surface area contributed by atoms with Crippen molar-refractivity contribution >= 4 is 34.7 Å². The largest absolute Gasteiger partial charge is 0.299 e. The molecule has 710 valence electrons. The van der Waals surface area contributed by atoms with Crippen LogP contribution < -0.4 is 0 Å². The van der Waals surface area contributed by atoms with Gasteiger partial charge in [0.2, 0.25) is 0 Å². The van der Waals surface area contributed by atoms with Crippen molar-refractivity contribution < 1.29 is 46.3 Å².